The number of ether oxygens (including phenoxy) is 5. The molecule has 0 bridgehead atoms. The minimum atomic E-state index is -0.627. The first kappa shape index (κ1) is 27.1. The average molecular weight is 471 g/mol. The number of rotatable bonds is 16. The standard InChI is InChI=1S/C27H38N2O5/c1-6-7-13-27(20-28,21-18-24(31-3)26(33-5)25(19-21)32-4)14-10-15-29-16-17-34-23-12-9-8-11-22(23)30-2/h8-9,11-12,18-19,29H,6-7,10,13-17H2,1-5H3. The van der Waals surface area contributed by atoms with Crippen LogP contribution >= 0.6 is 0 Å². The van der Waals surface area contributed by atoms with E-state index in [2.05, 4.69) is 18.3 Å². The number of nitrogens with zero attached hydrogens (tertiary/aromatic N) is 1. The van der Waals surface area contributed by atoms with E-state index in [0.29, 0.717) is 30.4 Å². The predicted octanol–water partition coefficient (Wildman–Crippen LogP) is 5.12. The normalized spacial score (nSPS) is 12.4. The van der Waals surface area contributed by atoms with Crippen molar-refractivity contribution in [3.8, 4) is 34.8 Å². The molecule has 1 N–H and O–H groups in total. The van der Waals surface area contributed by atoms with Crippen LogP contribution in [0.1, 0.15) is 44.6 Å². The van der Waals surface area contributed by atoms with Crippen molar-refractivity contribution in [2.45, 2.75) is 44.4 Å². The van der Waals surface area contributed by atoms with E-state index in [9.17, 15) is 5.26 Å². The van der Waals surface area contributed by atoms with Gasteiger partial charge in [0, 0.05) is 6.54 Å². The summed E-state index contributed by atoms with van der Waals surface area (Å²) >= 11 is 0. The number of nitrogens with one attached hydrogen (secondary N) is 1. The summed E-state index contributed by atoms with van der Waals surface area (Å²) < 4.78 is 27.7. The number of methoxy groups -OCH3 is 4. The minimum Gasteiger partial charge on any atom is -0.493 e. The zero-order chi connectivity index (χ0) is 24.8. The first-order chi connectivity index (χ1) is 16.6. The third-order valence-electron chi connectivity index (χ3n) is 5.95. The molecule has 0 amide bonds. The maximum absolute atomic E-state index is 10.3. The van der Waals surface area contributed by atoms with Crippen molar-refractivity contribution in [2.24, 2.45) is 0 Å². The number of para-hydroxylation sites is 2. The maximum Gasteiger partial charge on any atom is 0.203 e. The molecular weight excluding hydrogens is 432 g/mol. The van der Waals surface area contributed by atoms with Crippen LogP contribution in [-0.4, -0.2) is 48.1 Å². The van der Waals surface area contributed by atoms with Gasteiger partial charge in [-0.2, -0.15) is 5.26 Å². The second kappa shape index (κ2) is 14.2. The van der Waals surface area contributed by atoms with E-state index in [-0.39, 0.29) is 0 Å². The molecule has 0 aliphatic carbocycles. The number of unbranched alkanes of at least 4 members (excludes halogenated alkanes) is 1. The van der Waals surface area contributed by atoms with E-state index < -0.39 is 5.41 Å². The molecule has 0 aliphatic rings. The number of hydrogen-bond donors (Lipinski definition) is 1. The molecule has 0 saturated carbocycles. The van der Waals surface area contributed by atoms with Gasteiger partial charge in [-0.1, -0.05) is 31.9 Å². The quantitative estimate of drug-likeness (QED) is 0.341. The highest BCUT2D eigenvalue weighted by Gasteiger charge is 2.33. The highest BCUT2D eigenvalue weighted by Crippen LogP contribution is 2.44. The molecule has 1 atom stereocenters. The van der Waals surface area contributed by atoms with Gasteiger partial charge in [0.25, 0.3) is 0 Å². The Bertz CT molecular complexity index is 902. The average Bonchev–Trinajstić information content (AvgIpc) is 2.89. The number of nitriles is 1. The highest BCUT2D eigenvalue weighted by molar-refractivity contribution is 5.56. The van der Waals surface area contributed by atoms with Gasteiger partial charge in [-0.25, -0.2) is 0 Å². The summed E-state index contributed by atoms with van der Waals surface area (Å²) in [6.07, 6.45) is 4.33. The van der Waals surface area contributed by atoms with E-state index in [1.54, 1.807) is 28.4 Å². The van der Waals surface area contributed by atoms with E-state index in [4.69, 9.17) is 23.7 Å². The largest absolute Gasteiger partial charge is 0.493 e. The van der Waals surface area contributed by atoms with Crippen molar-refractivity contribution in [1.29, 1.82) is 5.26 Å². The smallest absolute Gasteiger partial charge is 0.203 e. The van der Waals surface area contributed by atoms with Crippen LogP contribution < -0.4 is 29.0 Å². The second-order valence-corrected chi connectivity index (χ2v) is 8.06. The molecule has 34 heavy (non-hydrogen) atoms. The fraction of sp³-hybridized carbons (Fsp3) is 0.519. The van der Waals surface area contributed by atoms with Gasteiger partial charge in [-0.3, -0.25) is 0 Å². The van der Waals surface area contributed by atoms with Crippen LogP contribution in [0.15, 0.2) is 36.4 Å². The van der Waals surface area contributed by atoms with Crippen LogP contribution in [0.25, 0.3) is 0 Å². The van der Waals surface area contributed by atoms with E-state index in [0.717, 1.165) is 55.7 Å². The summed E-state index contributed by atoms with van der Waals surface area (Å²) in [6, 6.07) is 14.1. The molecule has 0 saturated heterocycles. The molecule has 7 nitrogen and oxygen atoms in total. The number of benzene rings is 2. The Morgan fingerprint density at radius 1 is 0.824 bits per heavy atom. The Kier molecular flexibility index (Phi) is 11.3. The molecule has 0 spiro atoms. The van der Waals surface area contributed by atoms with Crippen molar-refractivity contribution < 1.29 is 23.7 Å². The first-order valence-electron chi connectivity index (χ1n) is 11.8. The van der Waals surface area contributed by atoms with Gasteiger partial charge >= 0.3 is 0 Å². The second-order valence-electron chi connectivity index (χ2n) is 8.06. The van der Waals surface area contributed by atoms with Gasteiger partial charge < -0.3 is 29.0 Å². The van der Waals surface area contributed by atoms with Crippen molar-refractivity contribution >= 4 is 0 Å². The van der Waals surface area contributed by atoms with Crippen LogP contribution in [-0.2, 0) is 5.41 Å². The van der Waals surface area contributed by atoms with Crippen LogP contribution in [0.3, 0.4) is 0 Å². The van der Waals surface area contributed by atoms with Crippen molar-refractivity contribution in [1.82, 2.24) is 5.32 Å². The Morgan fingerprint density at radius 2 is 1.44 bits per heavy atom. The lowest BCUT2D eigenvalue weighted by atomic mass is 9.74. The molecule has 0 aliphatic heterocycles. The van der Waals surface area contributed by atoms with Gasteiger partial charge in [-0.05, 0) is 55.6 Å². The lowest BCUT2D eigenvalue weighted by molar-refractivity contribution is 0.291. The molecule has 0 aromatic heterocycles. The summed E-state index contributed by atoms with van der Waals surface area (Å²) in [7, 11) is 6.41. The zero-order valence-electron chi connectivity index (χ0n) is 21.1. The Labute approximate surface area is 203 Å². The van der Waals surface area contributed by atoms with Gasteiger partial charge in [0.05, 0.1) is 39.9 Å². The molecular formula is C27H38N2O5. The zero-order valence-corrected chi connectivity index (χ0v) is 21.1. The molecule has 2 aromatic carbocycles. The summed E-state index contributed by atoms with van der Waals surface area (Å²) in [4.78, 5) is 0. The number of hydrogen-bond acceptors (Lipinski definition) is 7. The SMILES string of the molecule is CCCCC(C#N)(CCCNCCOc1ccccc1OC)c1cc(OC)c(OC)c(OC)c1. The van der Waals surface area contributed by atoms with Crippen LogP contribution in [0.2, 0.25) is 0 Å². The third kappa shape index (κ3) is 6.94. The molecule has 2 rings (SSSR count). The lowest BCUT2D eigenvalue weighted by Crippen LogP contribution is -2.28. The fourth-order valence-electron chi connectivity index (χ4n) is 4.04. The lowest BCUT2D eigenvalue weighted by Gasteiger charge is -2.29. The molecule has 7 heteroatoms. The monoisotopic (exact) mass is 470 g/mol. The minimum absolute atomic E-state index is 0.534. The van der Waals surface area contributed by atoms with Gasteiger partial charge in [0.2, 0.25) is 5.75 Å². The molecule has 0 radical (unpaired) electrons. The van der Waals surface area contributed by atoms with Gasteiger partial charge in [0.1, 0.15) is 6.61 Å². The van der Waals surface area contributed by atoms with Crippen molar-refractivity contribution in [2.75, 3.05) is 48.1 Å². The van der Waals surface area contributed by atoms with Crippen molar-refractivity contribution in [3.05, 3.63) is 42.0 Å². The Hall–Kier alpha value is -3.11. The molecule has 2 aromatic rings. The van der Waals surface area contributed by atoms with Crippen LogP contribution in [0.5, 0.6) is 28.7 Å². The third-order valence-corrected chi connectivity index (χ3v) is 5.95. The van der Waals surface area contributed by atoms with Gasteiger partial charge in [0.15, 0.2) is 23.0 Å². The summed E-state index contributed by atoms with van der Waals surface area (Å²) in [5.41, 5.74) is 0.274. The van der Waals surface area contributed by atoms with Crippen molar-refractivity contribution in [3.63, 3.8) is 0 Å². The topological polar surface area (TPSA) is 82.0 Å². The van der Waals surface area contributed by atoms with E-state index in [1.807, 2.05) is 36.4 Å². The van der Waals surface area contributed by atoms with E-state index in [1.165, 1.54) is 0 Å². The predicted molar refractivity (Wildman–Crippen MR) is 134 cm³/mol. The summed E-state index contributed by atoms with van der Waals surface area (Å²) in [5.74, 6) is 3.13. The Balaban J connectivity index is 2.01. The van der Waals surface area contributed by atoms with Gasteiger partial charge in [-0.15, -0.1) is 0 Å². The Morgan fingerprint density at radius 3 is 2.00 bits per heavy atom. The van der Waals surface area contributed by atoms with E-state index >= 15 is 0 Å². The van der Waals surface area contributed by atoms with Crippen LogP contribution in [0, 0.1) is 11.3 Å². The maximum atomic E-state index is 10.3. The molecule has 0 fully saturated rings. The molecule has 0 heterocycles. The first-order valence-corrected chi connectivity index (χ1v) is 11.8. The fourth-order valence-corrected chi connectivity index (χ4v) is 4.04. The van der Waals surface area contributed by atoms with Crippen LogP contribution in [0.4, 0.5) is 0 Å². The summed E-state index contributed by atoms with van der Waals surface area (Å²) in [6.45, 7) is 4.17. The molecule has 186 valence electrons. The highest BCUT2D eigenvalue weighted by atomic mass is 16.5. The molecule has 1 unspecified atom stereocenters. The summed E-state index contributed by atoms with van der Waals surface area (Å²) in [5, 5.41) is 13.7.